The fraction of sp³-hybridized carbons (Fsp3) is 0.469. The van der Waals surface area contributed by atoms with Gasteiger partial charge in [0.2, 0.25) is 11.6 Å². The predicted molar refractivity (Wildman–Crippen MR) is 152 cm³/mol. The van der Waals surface area contributed by atoms with Crippen molar-refractivity contribution in [2.45, 2.75) is 78.0 Å². The third-order valence-electron chi connectivity index (χ3n) is 8.93. The number of fused-ring (bicyclic) bond motifs is 3. The van der Waals surface area contributed by atoms with E-state index in [9.17, 15) is 14.7 Å². The Labute approximate surface area is 233 Å². The van der Waals surface area contributed by atoms with Crippen molar-refractivity contribution in [3.63, 3.8) is 0 Å². The average Bonchev–Trinajstić information content (AvgIpc) is 3.43. The topological polar surface area (TPSA) is 99.7 Å². The maximum Gasteiger partial charge on any atom is 0.337 e. The van der Waals surface area contributed by atoms with E-state index in [0.717, 1.165) is 72.7 Å². The molecule has 0 atom stereocenters. The molecule has 8 heteroatoms. The number of benzene rings is 2. The van der Waals surface area contributed by atoms with Crippen molar-refractivity contribution in [2.24, 2.45) is 18.9 Å². The smallest absolute Gasteiger partial charge is 0.337 e. The highest BCUT2D eigenvalue weighted by Gasteiger charge is 2.37. The summed E-state index contributed by atoms with van der Waals surface area (Å²) >= 11 is 0. The van der Waals surface area contributed by atoms with Gasteiger partial charge in [-0.15, -0.1) is 4.68 Å². The van der Waals surface area contributed by atoms with Crippen LogP contribution in [-0.4, -0.2) is 28.1 Å². The van der Waals surface area contributed by atoms with Crippen LogP contribution < -0.4 is 9.58 Å². The molecule has 2 saturated carbocycles. The Balaban J connectivity index is 1.34. The number of nitrogens with one attached hydrogen (secondary N) is 1. The van der Waals surface area contributed by atoms with Gasteiger partial charge >= 0.3 is 5.97 Å². The maximum absolute atomic E-state index is 14.0. The number of aryl methyl sites for hydroxylation is 2. The zero-order valence-corrected chi connectivity index (χ0v) is 23.5. The summed E-state index contributed by atoms with van der Waals surface area (Å²) < 4.78 is 14.0. The van der Waals surface area contributed by atoms with Gasteiger partial charge in [-0.05, 0) is 80.7 Å². The summed E-state index contributed by atoms with van der Waals surface area (Å²) in [5.74, 6) is -0.385. The molecule has 2 aliphatic rings. The van der Waals surface area contributed by atoms with E-state index in [1.807, 2.05) is 47.8 Å². The van der Waals surface area contributed by atoms with Gasteiger partial charge in [-0.3, -0.25) is 4.79 Å². The summed E-state index contributed by atoms with van der Waals surface area (Å²) in [6.07, 6.45) is 6.67. The first kappa shape index (κ1) is 26.6. The number of aromatic carboxylic acids is 1. The third-order valence-corrected chi connectivity index (χ3v) is 8.93. The van der Waals surface area contributed by atoms with Crippen LogP contribution in [0.25, 0.3) is 21.9 Å². The lowest BCUT2D eigenvalue weighted by Gasteiger charge is -2.41. The molecule has 0 radical (unpaired) electrons. The first-order valence-corrected chi connectivity index (χ1v) is 14.5. The molecule has 2 aromatic heterocycles. The Bertz CT molecular complexity index is 1550. The van der Waals surface area contributed by atoms with E-state index < -0.39 is 5.97 Å². The number of aromatic nitrogens is 2. The molecular weight excluding hydrogens is 506 g/mol. The number of carboxylic acids is 1. The number of amides is 1. The first-order valence-electron chi connectivity index (χ1n) is 14.5. The number of H-pyrrole nitrogens is 1. The second-order valence-electron chi connectivity index (χ2n) is 11.8. The average molecular weight is 545 g/mol. The fourth-order valence-electron chi connectivity index (χ4n) is 6.20. The largest absolute Gasteiger partial charge is 0.478 e. The van der Waals surface area contributed by atoms with Crippen molar-refractivity contribution in [1.29, 1.82) is 0 Å². The number of carbonyl (C=O) groups is 2. The Morgan fingerprint density at radius 2 is 1.77 bits per heavy atom. The summed E-state index contributed by atoms with van der Waals surface area (Å²) in [4.78, 5) is 28.3. The monoisotopic (exact) mass is 544 g/mol. The van der Waals surface area contributed by atoms with Gasteiger partial charge < -0.3 is 19.2 Å². The van der Waals surface area contributed by atoms with E-state index in [1.54, 1.807) is 6.07 Å². The third kappa shape index (κ3) is 5.01. The van der Waals surface area contributed by atoms with Crippen molar-refractivity contribution >= 4 is 39.5 Å². The van der Waals surface area contributed by atoms with Gasteiger partial charge in [0.15, 0.2) is 7.05 Å². The lowest BCUT2D eigenvalue weighted by Crippen LogP contribution is -2.48. The van der Waals surface area contributed by atoms with E-state index in [2.05, 4.69) is 18.1 Å². The van der Waals surface area contributed by atoms with Crippen LogP contribution in [0.2, 0.25) is 0 Å². The standard InChI is InChI=1S/C32H37N3O5/c1-19-7-10-22(11-8-19)31(36)35(24-5-4-6-24)28-15-26-25-14-21(17-39-18-23-13-20(2)34(3)33-23)9-12-29(25)40-30(26)16-27(28)32(37)38/h9,12-16,19,22,24H,4-8,10-11,17-18H2,1-3H3,(H,37,38)/p+1. The second-order valence-corrected chi connectivity index (χ2v) is 11.8. The summed E-state index contributed by atoms with van der Waals surface area (Å²) in [6.45, 7) is 5.18. The van der Waals surface area contributed by atoms with E-state index >= 15 is 0 Å². The van der Waals surface area contributed by atoms with Crippen molar-refractivity contribution in [1.82, 2.24) is 5.10 Å². The molecule has 2 heterocycles. The minimum Gasteiger partial charge on any atom is -0.478 e. The minimum atomic E-state index is -1.05. The van der Waals surface area contributed by atoms with Crippen LogP contribution >= 0.6 is 0 Å². The fourth-order valence-corrected chi connectivity index (χ4v) is 6.20. The molecule has 2 aliphatic carbocycles. The number of carboxylic acid groups (broad SMARTS) is 1. The SMILES string of the molecule is Cc1cc(COCc2ccc3oc4cc(C(=O)O)c(N(C(=O)C5CCC(C)CC5)C5CCC5)cc4c3c2)[nH][n+]1C. The summed E-state index contributed by atoms with van der Waals surface area (Å²) in [7, 11) is 1.97. The molecule has 2 fully saturated rings. The first-order chi connectivity index (χ1) is 19.3. The predicted octanol–water partition coefficient (Wildman–Crippen LogP) is 6.17. The highest BCUT2D eigenvalue weighted by Crippen LogP contribution is 2.40. The molecule has 2 N–H and O–H groups in total. The molecule has 2 aromatic carbocycles. The molecule has 0 spiro atoms. The molecule has 6 rings (SSSR count). The van der Waals surface area contributed by atoms with Gasteiger partial charge in [-0.25, -0.2) is 4.79 Å². The summed E-state index contributed by atoms with van der Waals surface area (Å²) in [6, 6.07) is 11.5. The van der Waals surface area contributed by atoms with Crippen molar-refractivity contribution < 1.29 is 28.5 Å². The van der Waals surface area contributed by atoms with E-state index in [-0.39, 0.29) is 23.4 Å². The van der Waals surface area contributed by atoms with E-state index in [0.29, 0.717) is 36.0 Å². The quantitative estimate of drug-likeness (QED) is 0.258. The number of hydrogen-bond donors (Lipinski definition) is 2. The zero-order chi connectivity index (χ0) is 28.0. The Morgan fingerprint density at radius 1 is 1.02 bits per heavy atom. The Hall–Kier alpha value is -3.65. The number of furan rings is 1. The number of nitrogens with zero attached hydrogens (tertiary/aromatic N) is 2. The van der Waals surface area contributed by atoms with Gasteiger partial charge in [0.05, 0.1) is 24.5 Å². The molecule has 1 amide bonds. The lowest BCUT2D eigenvalue weighted by molar-refractivity contribution is -0.732. The highest BCUT2D eigenvalue weighted by molar-refractivity contribution is 6.12. The van der Waals surface area contributed by atoms with Crippen LogP contribution in [0.15, 0.2) is 40.8 Å². The number of anilines is 1. The minimum absolute atomic E-state index is 0.0444. The number of hydrogen-bond acceptors (Lipinski definition) is 4. The molecule has 210 valence electrons. The summed E-state index contributed by atoms with van der Waals surface area (Å²) in [5, 5.41) is 15.2. The van der Waals surface area contributed by atoms with E-state index in [1.165, 1.54) is 0 Å². The zero-order valence-electron chi connectivity index (χ0n) is 23.5. The maximum atomic E-state index is 14.0. The van der Waals surface area contributed by atoms with Crippen LogP contribution in [0.4, 0.5) is 5.69 Å². The van der Waals surface area contributed by atoms with Crippen LogP contribution in [0.1, 0.15) is 79.2 Å². The Morgan fingerprint density at radius 3 is 2.42 bits per heavy atom. The van der Waals surface area contributed by atoms with Crippen molar-refractivity contribution in [3.8, 4) is 0 Å². The highest BCUT2D eigenvalue weighted by atomic mass is 16.5. The van der Waals surface area contributed by atoms with E-state index in [4.69, 9.17) is 9.15 Å². The number of rotatable bonds is 8. The van der Waals surface area contributed by atoms with Crippen LogP contribution in [0.5, 0.6) is 0 Å². The molecule has 4 aromatic rings. The van der Waals surface area contributed by atoms with Gasteiger partial charge in [-0.1, -0.05) is 13.0 Å². The lowest BCUT2D eigenvalue weighted by atomic mass is 9.81. The van der Waals surface area contributed by atoms with Crippen LogP contribution in [0, 0.1) is 18.8 Å². The molecule has 0 bridgehead atoms. The molecule has 0 unspecified atom stereocenters. The number of aromatic amines is 1. The van der Waals surface area contributed by atoms with Crippen LogP contribution in [0.3, 0.4) is 0 Å². The normalized spacial score (nSPS) is 19.7. The molecule has 0 saturated heterocycles. The molecule has 8 nitrogen and oxygen atoms in total. The second kappa shape index (κ2) is 10.7. The van der Waals surface area contributed by atoms with Crippen molar-refractivity contribution in [3.05, 3.63) is 58.9 Å². The molecule has 40 heavy (non-hydrogen) atoms. The van der Waals surface area contributed by atoms with Crippen molar-refractivity contribution in [2.75, 3.05) is 4.90 Å². The van der Waals surface area contributed by atoms with Gasteiger partial charge in [0.1, 0.15) is 16.9 Å². The molecule has 0 aliphatic heterocycles. The molecular formula is C32H38N3O5+. The number of carbonyl (C=O) groups excluding carboxylic acids is 1. The Kier molecular flexibility index (Phi) is 7.13. The van der Waals surface area contributed by atoms with Gasteiger partial charge in [0, 0.05) is 35.7 Å². The van der Waals surface area contributed by atoms with Gasteiger partial charge in [-0.2, -0.15) is 5.10 Å². The van der Waals surface area contributed by atoms with Gasteiger partial charge in [0.25, 0.3) is 0 Å². The van der Waals surface area contributed by atoms with Crippen LogP contribution in [-0.2, 0) is 29.8 Å². The number of ether oxygens (including phenoxy) is 1. The summed E-state index contributed by atoms with van der Waals surface area (Å²) in [5.41, 5.74) is 4.94.